The highest BCUT2D eigenvalue weighted by molar-refractivity contribution is 7.20. The molecule has 0 radical (unpaired) electrons. The van der Waals surface area contributed by atoms with E-state index in [1.807, 2.05) is 74.4 Å². The van der Waals surface area contributed by atoms with Gasteiger partial charge in [-0.2, -0.15) is 5.26 Å². The Morgan fingerprint density at radius 3 is 2.55 bits per heavy atom. The van der Waals surface area contributed by atoms with Crippen molar-refractivity contribution in [3.05, 3.63) is 71.9 Å². The molecule has 0 unspecified atom stereocenters. The maximum absolute atomic E-state index is 10.1. The van der Waals surface area contributed by atoms with Crippen LogP contribution in [0.2, 0.25) is 0 Å². The molecule has 0 bridgehead atoms. The summed E-state index contributed by atoms with van der Waals surface area (Å²) in [6, 6.07) is 20.0. The van der Waals surface area contributed by atoms with Gasteiger partial charge in [-0.3, -0.25) is 0 Å². The molecular formula is C30H35N5O2S. The van der Waals surface area contributed by atoms with Gasteiger partial charge in [0.25, 0.3) is 0 Å². The summed E-state index contributed by atoms with van der Waals surface area (Å²) in [5.74, 6) is 1.15. The fourth-order valence-corrected chi connectivity index (χ4v) is 4.85. The first-order valence-corrected chi connectivity index (χ1v) is 13.5. The summed E-state index contributed by atoms with van der Waals surface area (Å²) in [4.78, 5) is 12.1. The minimum absolute atomic E-state index is 0.0921. The number of anilines is 3. The smallest absolute Gasteiger partial charge is 0.227 e. The monoisotopic (exact) mass is 529 g/mol. The van der Waals surface area contributed by atoms with Crippen LogP contribution in [0, 0.1) is 18.3 Å². The molecule has 0 aliphatic carbocycles. The second-order valence-corrected chi connectivity index (χ2v) is 9.91. The number of hydrogen-bond acceptors (Lipinski definition) is 8. The van der Waals surface area contributed by atoms with Crippen molar-refractivity contribution in [2.24, 2.45) is 0 Å². The van der Waals surface area contributed by atoms with Crippen LogP contribution >= 0.6 is 11.3 Å². The van der Waals surface area contributed by atoms with Gasteiger partial charge in [0.15, 0.2) is 0 Å². The molecule has 2 N–H and O–H groups in total. The van der Waals surface area contributed by atoms with Crippen LogP contribution in [0.1, 0.15) is 37.8 Å². The number of ether oxygens (including phenoxy) is 1. The fraction of sp³-hybridized carbons (Fsp3) is 0.300. The van der Waals surface area contributed by atoms with Crippen LogP contribution in [0.25, 0.3) is 21.7 Å². The first-order chi connectivity index (χ1) is 18.4. The van der Waals surface area contributed by atoms with Crippen LogP contribution in [0.5, 0.6) is 5.75 Å². The van der Waals surface area contributed by atoms with Gasteiger partial charge in [-0.25, -0.2) is 9.97 Å². The lowest BCUT2D eigenvalue weighted by molar-refractivity contribution is 0.233. The number of thiophene rings is 1. The molecule has 2 heterocycles. The fourth-order valence-electron chi connectivity index (χ4n) is 3.69. The zero-order chi connectivity index (χ0) is 27.5. The normalized spacial score (nSPS) is 10.2. The van der Waals surface area contributed by atoms with Gasteiger partial charge in [-0.05, 0) is 30.7 Å². The summed E-state index contributed by atoms with van der Waals surface area (Å²) in [6.45, 7) is 6.83. The third-order valence-electron chi connectivity index (χ3n) is 5.26. The molecule has 8 heteroatoms. The highest BCUT2D eigenvalue weighted by Crippen LogP contribution is 2.46. The number of aryl methyl sites for hydroxylation is 1. The Labute approximate surface area is 229 Å². The number of nitrogens with one attached hydrogen (secondary N) is 1. The van der Waals surface area contributed by atoms with Gasteiger partial charge in [-0.1, -0.05) is 56.2 Å². The van der Waals surface area contributed by atoms with Gasteiger partial charge in [-0.15, -0.1) is 11.3 Å². The molecule has 2 aromatic heterocycles. The van der Waals surface area contributed by atoms with E-state index in [2.05, 4.69) is 36.3 Å². The molecule has 2 aromatic carbocycles. The predicted octanol–water partition coefficient (Wildman–Crippen LogP) is 7.04. The highest BCUT2D eigenvalue weighted by atomic mass is 32.1. The Morgan fingerprint density at radius 1 is 1.11 bits per heavy atom. The van der Waals surface area contributed by atoms with Crippen LogP contribution in [-0.2, 0) is 0 Å². The molecule has 0 amide bonds. The summed E-state index contributed by atoms with van der Waals surface area (Å²) in [5.41, 5.74) is 5.17. The van der Waals surface area contributed by atoms with E-state index in [-0.39, 0.29) is 6.61 Å². The van der Waals surface area contributed by atoms with Gasteiger partial charge in [0, 0.05) is 50.6 Å². The van der Waals surface area contributed by atoms with Crippen molar-refractivity contribution in [1.82, 2.24) is 9.97 Å². The SMILES string of the molecule is CCC.Cc1cccc(-c2c(-c3ccnc(Nc4cccc(OCCCO)c4)n3)sc(N(C)C)c2C#N)c1. The summed E-state index contributed by atoms with van der Waals surface area (Å²) in [7, 11) is 3.89. The number of nitrogens with zero attached hydrogens (tertiary/aromatic N) is 4. The first kappa shape index (κ1) is 28.6. The van der Waals surface area contributed by atoms with Crippen LogP contribution in [-0.4, -0.2) is 42.4 Å². The second-order valence-electron chi connectivity index (χ2n) is 8.91. The van der Waals surface area contributed by atoms with Gasteiger partial charge in [0.1, 0.15) is 16.8 Å². The van der Waals surface area contributed by atoms with E-state index in [4.69, 9.17) is 14.8 Å². The van der Waals surface area contributed by atoms with Crippen molar-refractivity contribution in [1.29, 1.82) is 5.26 Å². The summed E-state index contributed by atoms with van der Waals surface area (Å²) < 4.78 is 5.67. The van der Waals surface area contributed by atoms with Crippen molar-refractivity contribution in [2.45, 2.75) is 33.6 Å². The average Bonchev–Trinajstić information content (AvgIpc) is 3.30. The number of aliphatic hydroxyl groups is 1. The molecule has 0 atom stereocenters. The number of aromatic nitrogens is 2. The Bertz CT molecular complexity index is 1380. The molecule has 198 valence electrons. The maximum atomic E-state index is 10.1. The molecule has 0 aliphatic rings. The molecule has 7 nitrogen and oxygen atoms in total. The van der Waals surface area contributed by atoms with Gasteiger partial charge in [0.2, 0.25) is 5.95 Å². The molecule has 0 saturated carbocycles. The number of rotatable bonds is 9. The highest BCUT2D eigenvalue weighted by Gasteiger charge is 2.23. The topological polar surface area (TPSA) is 94.3 Å². The van der Waals surface area contributed by atoms with E-state index in [1.54, 1.807) is 17.5 Å². The lowest BCUT2D eigenvalue weighted by Crippen LogP contribution is -2.07. The van der Waals surface area contributed by atoms with Crippen molar-refractivity contribution in [3.8, 4) is 33.5 Å². The Balaban J connectivity index is 0.00000127. The standard InChI is InChI=1S/C27H27N5O2S.C3H8/c1-18-7-4-8-19(15-18)24-22(17-28)26(32(2)3)35-25(24)23-11-12-29-27(31-23)30-20-9-5-10-21(16-20)34-14-6-13-33;1-3-2/h4-5,7-12,15-16,33H,6,13-14H2,1-3H3,(H,29,30,31);3H2,1-2H3. The zero-order valence-corrected chi connectivity index (χ0v) is 23.5. The molecule has 0 fully saturated rings. The minimum atomic E-state index is 0.0921. The predicted molar refractivity (Wildman–Crippen MR) is 157 cm³/mol. The van der Waals surface area contributed by atoms with Crippen LogP contribution in [0.3, 0.4) is 0 Å². The van der Waals surface area contributed by atoms with Crippen molar-refractivity contribution < 1.29 is 9.84 Å². The molecule has 38 heavy (non-hydrogen) atoms. The van der Waals surface area contributed by atoms with Crippen LogP contribution in [0.4, 0.5) is 16.6 Å². The van der Waals surface area contributed by atoms with E-state index < -0.39 is 0 Å². The molecule has 4 aromatic rings. The quantitative estimate of drug-likeness (QED) is 0.225. The maximum Gasteiger partial charge on any atom is 0.227 e. The molecular weight excluding hydrogens is 494 g/mol. The lowest BCUT2D eigenvalue weighted by Gasteiger charge is -2.10. The largest absolute Gasteiger partial charge is 0.493 e. The number of benzene rings is 2. The van der Waals surface area contributed by atoms with E-state index in [0.717, 1.165) is 37.9 Å². The second kappa shape index (κ2) is 14.1. The molecule has 0 spiro atoms. The summed E-state index contributed by atoms with van der Waals surface area (Å²) in [5, 5.41) is 23.1. The van der Waals surface area contributed by atoms with Crippen molar-refractivity contribution in [3.63, 3.8) is 0 Å². The van der Waals surface area contributed by atoms with Crippen molar-refractivity contribution >= 4 is 28.0 Å². The third kappa shape index (κ3) is 7.31. The van der Waals surface area contributed by atoms with E-state index >= 15 is 0 Å². The molecule has 4 rings (SSSR count). The Hall–Kier alpha value is -3.93. The summed E-state index contributed by atoms with van der Waals surface area (Å²) in [6.07, 6.45) is 3.54. The average molecular weight is 530 g/mol. The van der Waals surface area contributed by atoms with E-state index in [0.29, 0.717) is 30.3 Å². The van der Waals surface area contributed by atoms with E-state index in [1.165, 1.54) is 6.42 Å². The Morgan fingerprint density at radius 2 is 1.87 bits per heavy atom. The molecule has 0 saturated heterocycles. The lowest BCUT2D eigenvalue weighted by atomic mass is 9.99. The first-order valence-electron chi connectivity index (χ1n) is 12.7. The summed E-state index contributed by atoms with van der Waals surface area (Å²) >= 11 is 1.55. The van der Waals surface area contributed by atoms with Crippen LogP contribution in [0.15, 0.2) is 60.8 Å². The minimum Gasteiger partial charge on any atom is -0.493 e. The van der Waals surface area contributed by atoms with Gasteiger partial charge < -0.3 is 20.1 Å². The number of hydrogen-bond donors (Lipinski definition) is 2. The number of aliphatic hydroxyl groups excluding tert-OH is 1. The van der Waals surface area contributed by atoms with E-state index in [9.17, 15) is 5.26 Å². The molecule has 0 aliphatic heterocycles. The van der Waals surface area contributed by atoms with Crippen LogP contribution < -0.4 is 15.0 Å². The zero-order valence-electron chi connectivity index (χ0n) is 22.7. The number of nitriles is 1. The Kier molecular flexibility index (Phi) is 10.6. The van der Waals surface area contributed by atoms with Gasteiger partial charge >= 0.3 is 0 Å². The third-order valence-corrected chi connectivity index (χ3v) is 6.64. The van der Waals surface area contributed by atoms with Gasteiger partial charge in [0.05, 0.1) is 22.7 Å². The van der Waals surface area contributed by atoms with Crippen molar-refractivity contribution in [2.75, 3.05) is 37.5 Å².